The predicted octanol–water partition coefficient (Wildman–Crippen LogP) is 2.88. The lowest BCUT2D eigenvalue weighted by molar-refractivity contribution is -0.231. The first-order valence-electron chi connectivity index (χ1n) is 18.3. The standard InChI is InChI=1S/C22H26N2O5.C19H21NO5S/c1-2-13-6-8-14(9-7-13)10-24-12-23-16-5-3-4-15(18(16)24)22-21(28)20(27)19(26)17(11-25)29-22;1-9-2-5-15(26-9)12-7-20-13-4-3-10(6-11(12)13)19-18(24)17(23)16(22)14(8-21)25-19/h3-9,12,17,19-22,25-28H,2,10-11H2,1H3;2-7,14,16-24H,8H2,1H3/t17-,19-,20+,21-,22+;14-,16-,17+,18-,19+/m11/s1. The first-order valence-corrected chi connectivity index (χ1v) is 19.1. The summed E-state index contributed by atoms with van der Waals surface area (Å²) in [4.78, 5) is 10.1. The minimum atomic E-state index is -1.42. The number of benzene rings is 3. The van der Waals surface area contributed by atoms with Crippen molar-refractivity contribution in [1.29, 1.82) is 0 Å². The molecule has 0 radical (unpaired) electrons. The number of nitrogens with one attached hydrogen (secondary N) is 1. The number of ether oxygens (including phenoxy) is 2. The number of thiophene rings is 1. The molecule has 2 aliphatic heterocycles. The van der Waals surface area contributed by atoms with Gasteiger partial charge in [-0.25, -0.2) is 4.98 Å². The highest BCUT2D eigenvalue weighted by Crippen LogP contribution is 2.39. The average molecular weight is 774 g/mol. The predicted molar refractivity (Wildman–Crippen MR) is 206 cm³/mol. The van der Waals surface area contributed by atoms with Gasteiger partial charge in [0, 0.05) is 44.5 Å². The number of aromatic amines is 1. The SMILES string of the molecule is CCc1ccc(Cn2cnc3cccc([C@@H]4O[C@H](CO)[C@@H](O)[C@H](O)[C@H]4O)c32)cc1.Cc1ccc(-c2c[nH]c3ccc([C@@H]4O[C@H](CO)[C@@H](O)[C@H](O)[C@H]4O)cc23)s1. The molecular weight excluding hydrogens is 727 g/mol. The summed E-state index contributed by atoms with van der Waals surface area (Å²) < 4.78 is 13.4. The molecule has 9 N–H and O–H groups in total. The normalized spacial score (nSPS) is 28.3. The Morgan fingerprint density at radius 2 is 1.40 bits per heavy atom. The van der Waals surface area contributed by atoms with Crippen LogP contribution in [0.25, 0.3) is 32.4 Å². The molecule has 0 amide bonds. The Morgan fingerprint density at radius 1 is 0.745 bits per heavy atom. The zero-order chi connectivity index (χ0) is 39.0. The molecule has 2 fully saturated rings. The Balaban J connectivity index is 0.000000170. The van der Waals surface area contributed by atoms with Gasteiger partial charge in [-0.1, -0.05) is 49.4 Å². The largest absolute Gasteiger partial charge is 0.394 e. The van der Waals surface area contributed by atoms with Gasteiger partial charge in [-0.2, -0.15) is 0 Å². The van der Waals surface area contributed by atoms with Gasteiger partial charge in [0.15, 0.2) is 0 Å². The molecule has 5 heterocycles. The monoisotopic (exact) mass is 773 g/mol. The Morgan fingerprint density at radius 3 is 2.04 bits per heavy atom. The molecule has 55 heavy (non-hydrogen) atoms. The molecule has 292 valence electrons. The van der Waals surface area contributed by atoms with Gasteiger partial charge in [0.05, 0.1) is 30.6 Å². The smallest absolute Gasteiger partial charge is 0.114 e. The zero-order valence-corrected chi connectivity index (χ0v) is 31.2. The Hall–Kier alpha value is -4.03. The van der Waals surface area contributed by atoms with E-state index >= 15 is 0 Å². The fourth-order valence-electron chi connectivity index (χ4n) is 7.42. The minimum Gasteiger partial charge on any atom is -0.394 e. The topological polar surface area (TPSA) is 214 Å². The van der Waals surface area contributed by atoms with Crippen molar-refractivity contribution in [3.05, 3.63) is 112 Å². The van der Waals surface area contributed by atoms with Gasteiger partial charge >= 0.3 is 0 Å². The highest BCUT2D eigenvalue weighted by atomic mass is 32.1. The number of aryl methyl sites for hydroxylation is 2. The van der Waals surface area contributed by atoms with Crippen molar-refractivity contribution in [3.63, 3.8) is 0 Å². The lowest BCUT2D eigenvalue weighted by atomic mass is 9.90. The van der Waals surface area contributed by atoms with E-state index < -0.39 is 74.3 Å². The molecule has 0 saturated carbocycles. The Kier molecular flexibility index (Phi) is 11.8. The number of fused-ring (bicyclic) bond motifs is 2. The van der Waals surface area contributed by atoms with Gasteiger partial charge in [0.2, 0.25) is 0 Å². The maximum Gasteiger partial charge on any atom is 0.114 e. The van der Waals surface area contributed by atoms with Gasteiger partial charge in [0.25, 0.3) is 0 Å². The summed E-state index contributed by atoms with van der Waals surface area (Å²) in [5, 5.41) is 81.1. The lowest BCUT2D eigenvalue weighted by Gasteiger charge is -2.40. The first kappa shape index (κ1) is 39.2. The van der Waals surface area contributed by atoms with Crippen molar-refractivity contribution in [1.82, 2.24) is 14.5 Å². The molecule has 0 spiro atoms. The molecule has 8 rings (SSSR count). The second kappa shape index (κ2) is 16.6. The van der Waals surface area contributed by atoms with Gasteiger partial charge in [-0.3, -0.25) is 0 Å². The number of rotatable bonds is 8. The molecule has 14 heteroatoms. The Labute approximate surface area is 321 Å². The third kappa shape index (κ3) is 7.73. The molecule has 0 bridgehead atoms. The number of hydrogen-bond donors (Lipinski definition) is 9. The summed E-state index contributed by atoms with van der Waals surface area (Å²) in [6.45, 7) is 3.87. The summed E-state index contributed by atoms with van der Waals surface area (Å²) in [5.74, 6) is 0. The second-order valence-corrected chi connectivity index (χ2v) is 15.5. The van der Waals surface area contributed by atoms with E-state index in [1.54, 1.807) is 17.7 Å². The number of aromatic nitrogens is 3. The molecule has 3 aromatic heterocycles. The van der Waals surface area contributed by atoms with Gasteiger partial charge < -0.3 is 59.9 Å². The maximum absolute atomic E-state index is 10.6. The molecule has 3 aromatic carbocycles. The van der Waals surface area contributed by atoms with Crippen LogP contribution in [0.15, 0.2) is 85.3 Å². The van der Waals surface area contributed by atoms with Crippen LogP contribution in [0.1, 0.15) is 46.3 Å². The number of para-hydroxylation sites is 1. The molecule has 2 aliphatic rings. The van der Waals surface area contributed by atoms with Crippen LogP contribution in [0.4, 0.5) is 0 Å². The number of aliphatic hydroxyl groups is 8. The van der Waals surface area contributed by atoms with Crippen molar-refractivity contribution in [2.24, 2.45) is 0 Å². The molecule has 10 atom stereocenters. The second-order valence-electron chi connectivity index (χ2n) is 14.2. The lowest BCUT2D eigenvalue weighted by Crippen LogP contribution is -2.55. The number of H-pyrrole nitrogens is 1. The highest BCUT2D eigenvalue weighted by Gasteiger charge is 2.45. The average Bonchev–Trinajstić information content (AvgIpc) is 3.95. The molecular formula is C41H47N3O10S. The van der Waals surface area contributed by atoms with E-state index in [1.807, 2.05) is 47.2 Å². The number of hydrogen-bond acceptors (Lipinski definition) is 12. The van der Waals surface area contributed by atoms with Crippen LogP contribution < -0.4 is 0 Å². The van der Waals surface area contributed by atoms with Crippen LogP contribution in [-0.4, -0.2) is 117 Å². The van der Waals surface area contributed by atoms with E-state index in [2.05, 4.69) is 60.2 Å². The third-order valence-electron chi connectivity index (χ3n) is 10.6. The van der Waals surface area contributed by atoms with Crippen molar-refractivity contribution in [3.8, 4) is 10.4 Å². The van der Waals surface area contributed by atoms with E-state index in [9.17, 15) is 40.9 Å². The minimum absolute atomic E-state index is 0.437. The first-order chi connectivity index (χ1) is 26.5. The molecule has 13 nitrogen and oxygen atoms in total. The van der Waals surface area contributed by atoms with Crippen LogP contribution in [0.3, 0.4) is 0 Å². The summed E-state index contributed by atoms with van der Waals surface area (Å²) >= 11 is 1.70. The van der Waals surface area contributed by atoms with Crippen LogP contribution in [0, 0.1) is 6.92 Å². The van der Waals surface area contributed by atoms with E-state index in [0.29, 0.717) is 17.7 Å². The van der Waals surface area contributed by atoms with Crippen LogP contribution in [0.2, 0.25) is 0 Å². The van der Waals surface area contributed by atoms with Crippen LogP contribution in [0.5, 0.6) is 0 Å². The molecule has 0 unspecified atom stereocenters. The molecule has 6 aromatic rings. The number of aliphatic hydroxyl groups excluding tert-OH is 8. The highest BCUT2D eigenvalue weighted by molar-refractivity contribution is 7.15. The van der Waals surface area contributed by atoms with E-state index in [4.69, 9.17) is 9.47 Å². The van der Waals surface area contributed by atoms with Gasteiger partial charge in [0.1, 0.15) is 61.0 Å². The fraction of sp³-hybridized carbons (Fsp3) is 0.390. The molecule has 2 saturated heterocycles. The number of nitrogens with zero attached hydrogens (tertiary/aromatic N) is 2. The van der Waals surface area contributed by atoms with Crippen LogP contribution >= 0.6 is 11.3 Å². The quantitative estimate of drug-likeness (QED) is 0.110. The zero-order valence-electron chi connectivity index (χ0n) is 30.4. The third-order valence-corrected chi connectivity index (χ3v) is 11.6. The van der Waals surface area contributed by atoms with Crippen molar-refractivity contribution in [2.75, 3.05) is 13.2 Å². The number of imidazole rings is 1. The van der Waals surface area contributed by atoms with Crippen molar-refractivity contribution in [2.45, 2.75) is 87.9 Å². The summed E-state index contributed by atoms with van der Waals surface area (Å²) in [6, 6.07) is 23.7. The Bertz CT molecular complexity index is 2200. The van der Waals surface area contributed by atoms with Crippen LogP contribution in [-0.2, 0) is 22.4 Å². The summed E-state index contributed by atoms with van der Waals surface area (Å²) in [7, 11) is 0. The van der Waals surface area contributed by atoms with E-state index in [0.717, 1.165) is 44.4 Å². The van der Waals surface area contributed by atoms with Crippen molar-refractivity contribution < 1.29 is 50.3 Å². The van der Waals surface area contributed by atoms with E-state index in [-0.39, 0.29) is 0 Å². The van der Waals surface area contributed by atoms with E-state index in [1.165, 1.54) is 10.4 Å². The summed E-state index contributed by atoms with van der Waals surface area (Å²) in [5.41, 5.74) is 7.27. The summed E-state index contributed by atoms with van der Waals surface area (Å²) in [6.07, 6.45) is -7.07. The maximum atomic E-state index is 10.6. The van der Waals surface area contributed by atoms with Gasteiger partial charge in [-0.05, 0) is 60.4 Å². The van der Waals surface area contributed by atoms with Gasteiger partial charge in [-0.15, -0.1) is 11.3 Å². The fourth-order valence-corrected chi connectivity index (χ4v) is 8.31. The van der Waals surface area contributed by atoms with Crippen molar-refractivity contribution >= 4 is 33.3 Å². The molecule has 0 aliphatic carbocycles.